The SMILES string of the molecule is CCOCCC1(CN=C(N)N2CCN(c3nccs3)CC2)CCCC1. The molecule has 0 bridgehead atoms. The highest BCUT2D eigenvalue weighted by Gasteiger charge is 2.33. The molecule has 1 aromatic heterocycles. The zero-order valence-corrected chi connectivity index (χ0v) is 16.1. The number of guanidine groups is 1. The third kappa shape index (κ3) is 4.85. The normalized spacial score (nSPS) is 21.1. The Bertz CT molecular complexity index is 534. The first-order valence-corrected chi connectivity index (χ1v) is 10.4. The lowest BCUT2D eigenvalue weighted by Gasteiger charge is -2.35. The van der Waals surface area contributed by atoms with Gasteiger partial charge in [-0.05, 0) is 31.6 Å². The van der Waals surface area contributed by atoms with Crippen molar-refractivity contribution >= 4 is 22.4 Å². The van der Waals surface area contributed by atoms with E-state index in [0.717, 1.165) is 57.5 Å². The minimum atomic E-state index is 0.308. The van der Waals surface area contributed by atoms with Crippen LogP contribution in [0.4, 0.5) is 5.13 Å². The molecule has 3 rings (SSSR count). The van der Waals surface area contributed by atoms with Gasteiger partial charge in [-0.3, -0.25) is 4.99 Å². The van der Waals surface area contributed by atoms with Crippen LogP contribution in [0.5, 0.6) is 0 Å². The van der Waals surface area contributed by atoms with E-state index < -0.39 is 0 Å². The Morgan fingerprint density at radius 1 is 1.32 bits per heavy atom. The van der Waals surface area contributed by atoms with Crippen LogP contribution in [-0.4, -0.2) is 61.8 Å². The lowest BCUT2D eigenvalue weighted by atomic mass is 9.83. The topological polar surface area (TPSA) is 67.0 Å². The summed E-state index contributed by atoms with van der Waals surface area (Å²) >= 11 is 1.70. The molecule has 25 heavy (non-hydrogen) atoms. The number of nitrogens with two attached hydrogens (primary N) is 1. The number of hydrogen-bond acceptors (Lipinski definition) is 5. The Morgan fingerprint density at radius 3 is 2.72 bits per heavy atom. The van der Waals surface area contributed by atoms with Crippen molar-refractivity contribution in [3.8, 4) is 0 Å². The van der Waals surface area contributed by atoms with Gasteiger partial charge in [0.05, 0.1) is 0 Å². The molecular weight excluding hydrogens is 334 g/mol. The predicted molar refractivity (Wildman–Crippen MR) is 104 cm³/mol. The molecule has 1 saturated carbocycles. The minimum absolute atomic E-state index is 0.308. The van der Waals surface area contributed by atoms with Gasteiger partial charge in [0, 0.05) is 57.5 Å². The summed E-state index contributed by atoms with van der Waals surface area (Å²) < 4.78 is 5.59. The van der Waals surface area contributed by atoms with Crippen LogP contribution < -0.4 is 10.6 Å². The highest BCUT2D eigenvalue weighted by molar-refractivity contribution is 7.13. The molecule has 2 heterocycles. The molecule has 1 saturated heterocycles. The molecule has 0 amide bonds. The van der Waals surface area contributed by atoms with Gasteiger partial charge in [-0.2, -0.15) is 0 Å². The van der Waals surface area contributed by atoms with Crippen molar-refractivity contribution in [2.45, 2.75) is 39.0 Å². The van der Waals surface area contributed by atoms with E-state index in [-0.39, 0.29) is 0 Å². The number of nitrogens with zero attached hydrogens (tertiary/aromatic N) is 4. The predicted octanol–water partition coefficient (Wildman–Crippen LogP) is 2.57. The molecular formula is C18H31N5OS. The van der Waals surface area contributed by atoms with Crippen molar-refractivity contribution in [1.82, 2.24) is 9.88 Å². The fourth-order valence-corrected chi connectivity index (χ4v) is 4.59. The van der Waals surface area contributed by atoms with Crippen LogP contribution in [0, 0.1) is 5.41 Å². The van der Waals surface area contributed by atoms with Gasteiger partial charge in [-0.25, -0.2) is 4.98 Å². The first kappa shape index (κ1) is 18.5. The van der Waals surface area contributed by atoms with Crippen molar-refractivity contribution < 1.29 is 4.74 Å². The van der Waals surface area contributed by atoms with Crippen LogP contribution in [0.3, 0.4) is 0 Å². The van der Waals surface area contributed by atoms with Crippen molar-refractivity contribution in [1.29, 1.82) is 0 Å². The molecule has 0 atom stereocenters. The fourth-order valence-electron chi connectivity index (χ4n) is 3.89. The second-order valence-corrected chi connectivity index (χ2v) is 7.99. The number of aliphatic imine (C=N–C) groups is 1. The molecule has 0 spiro atoms. The number of piperazine rings is 1. The van der Waals surface area contributed by atoms with Crippen LogP contribution in [0.1, 0.15) is 39.0 Å². The molecule has 1 aliphatic carbocycles. The van der Waals surface area contributed by atoms with E-state index in [0.29, 0.717) is 11.4 Å². The lowest BCUT2D eigenvalue weighted by molar-refractivity contribution is 0.107. The number of thiazole rings is 1. The first-order valence-electron chi connectivity index (χ1n) is 9.49. The molecule has 0 aromatic carbocycles. The van der Waals surface area contributed by atoms with Crippen LogP contribution in [0.15, 0.2) is 16.6 Å². The lowest BCUT2D eigenvalue weighted by Crippen LogP contribution is -2.51. The van der Waals surface area contributed by atoms with Crippen LogP contribution in [0.2, 0.25) is 0 Å². The van der Waals surface area contributed by atoms with Crippen LogP contribution >= 0.6 is 11.3 Å². The van der Waals surface area contributed by atoms with E-state index in [1.807, 2.05) is 11.6 Å². The Labute approximate surface area is 155 Å². The number of aromatic nitrogens is 1. The molecule has 7 heteroatoms. The molecule has 0 unspecified atom stereocenters. The minimum Gasteiger partial charge on any atom is -0.382 e. The number of anilines is 1. The Kier molecular flexibility index (Phi) is 6.53. The summed E-state index contributed by atoms with van der Waals surface area (Å²) in [4.78, 5) is 13.7. The zero-order chi connectivity index (χ0) is 17.5. The molecule has 1 aromatic rings. The van der Waals surface area contributed by atoms with Gasteiger partial charge >= 0.3 is 0 Å². The maximum absolute atomic E-state index is 6.32. The molecule has 1 aliphatic heterocycles. The highest BCUT2D eigenvalue weighted by Crippen LogP contribution is 2.41. The van der Waals surface area contributed by atoms with Gasteiger partial charge in [0.2, 0.25) is 0 Å². The Balaban J connectivity index is 1.51. The second kappa shape index (κ2) is 8.85. The number of hydrogen-bond donors (Lipinski definition) is 1. The third-order valence-electron chi connectivity index (χ3n) is 5.52. The molecule has 6 nitrogen and oxygen atoms in total. The zero-order valence-electron chi connectivity index (χ0n) is 15.3. The molecule has 0 radical (unpaired) electrons. The van der Waals surface area contributed by atoms with Crippen molar-refractivity contribution in [2.75, 3.05) is 50.8 Å². The summed E-state index contributed by atoms with van der Waals surface area (Å²) in [5, 5.41) is 3.14. The van der Waals surface area contributed by atoms with Crippen LogP contribution in [-0.2, 0) is 4.74 Å². The maximum atomic E-state index is 6.32. The largest absolute Gasteiger partial charge is 0.382 e. The Morgan fingerprint density at radius 2 is 2.08 bits per heavy atom. The van der Waals surface area contributed by atoms with Gasteiger partial charge in [0.1, 0.15) is 0 Å². The number of ether oxygens (including phenoxy) is 1. The molecule has 2 fully saturated rings. The maximum Gasteiger partial charge on any atom is 0.191 e. The molecule has 2 N–H and O–H groups in total. The fraction of sp³-hybridized carbons (Fsp3) is 0.778. The van der Waals surface area contributed by atoms with E-state index in [4.69, 9.17) is 15.5 Å². The summed E-state index contributed by atoms with van der Waals surface area (Å²) in [5.74, 6) is 0.710. The van der Waals surface area contributed by atoms with E-state index in [2.05, 4.69) is 21.7 Å². The van der Waals surface area contributed by atoms with Gasteiger partial charge < -0.3 is 20.3 Å². The number of rotatable bonds is 7. The molecule has 2 aliphatic rings. The smallest absolute Gasteiger partial charge is 0.191 e. The summed E-state index contributed by atoms with van der Waals surface area (Å²) in [6.45, 7) is 8.30. The van der Waals surface area contributed by atoms with Crippen molar-refractivity contribution in [3.63, 3.8) is 0 Å². The average Bonchev–Trinajstić information content (AvgIpc) is 3.33. The highest BCUT2D eigenvalue weighted by atomic mass is 32.1. The quantitative estimate of drug-likeness (QED) is 0.457. The summed E-state index contributed by atoms with van der Waals surface area (Å²) in [7, 11) is 0. The van der Waals surface area contributed by atoms with E-state index >= 15 is 0 Å². The third-order valence-corrected chi connectivity index (χ3v) is 6.35. The van der Waals surface area contributed by atoms with E-state index in [1.165, 1.54) is 25.7 Å². The van der Waals surface area contributed by atoms with Gasteiger partial charge in [-0.1, -0.05) is 12.8 Å². The van der Waals surface area contributed by atoms with E-state index in [9.17, 15) is 0 Å². The monoisotopic (exact) mass is 365 g/mol. The van der Waals surface area contributed by atoms with Gasteiger partial charge in [0.25, 0.3) is 0 Å². The van der Waals surface area contributed by atoms with Crippen molar-refractivity contribution in [3.05, 3.63) is 11.6 Å². The average molecular weight is 366 g/mol. The first-order chi connectivity index (χ1) is 12.2. The van der Waals surface area contributed by atoms with Gasteiger partial charge in [-0.15, -0.1) is 11.3 Å². The van der Waals surface area contributed by atoms with E-state index in [1.54, 1.807) is 11.3 Å². The van der Waals surface area contributed by atoms with Gasteiger partial charge in [0.15, 0.2) is 11.1 Å². The Hall–Kier alpha value is -1.34. The standard InChI is InChI=1S/C18H31N5OS/c1-2-24-13-7-18(5-3-4-6-18)15-21-16(19)22-9-11-23(12-10-22)17-20-8-14-25-17/h8,14H,2-7,9-13,15H2,1H3,(H2,19,21). The summed E-state index contributed by atoms with van der Waals surface area (Å²) in [5.41, 5.74) is 6.63. The van der Waals surface area contributed by atoms with Crippen molar-refractivity contribution in [2.24, 2.45) is 16.1 Å². The molecule has 140 valence electrons. The van der Waals surface area contributed by atoms with Crippen LogP contribution in [0.25, 0.3) is 0 Å². The second-order valence-electron chi connectivity index (χ2n) is 7.12. The summed E-state index contributed by atoms with van der Waals surface area (Å²) in [6, 6.07) is 0. The summed E-state index contributed by atoms with van der Waals surface area (Å²) in [6.07, 6.45) is 8.12.